The Kier molecular flexibility index (Phi) is 4.87. The van der Waals surface area contributed by atoms with E-state index in [4.69, 9.17) is 9.15 Å². The number of hydrogen-bond acceptors (Lipinski definition) is 6. The van der Waals surface area contributed by atoms with Crippen LogP contribution in [0.1, 0.15) is 23.3 Å². The molecule has 148 valence electrons. The molecule has 6 heteroatoms. The molecule has 1 saturated heterocycles. The molecular formula is C23H23N3O3. The Morgan fingerprint density at radius 1 is 0.966 bits per heavy atom. The number of benzene rings is 1. The zero-order chi connectivity index (χ0) is 19.6. The maximum atomic E-state index is 9.20. The summed E-state index contributed by atoms with van der Waals surface area (Å²) in [5.41, 5.74) is 6.19. The molecule has 1 aliphatic heterocycles. The van der Waals surface area contributed by atoms with E-state index in [-0.39, 0.29) is 0 Å². The third kappa shape index (κ3) is 3.57. The third-order valence-electron chi connectivity index (χ3n) is 5.69. The maximum Gasteiger partial charge on any atom is 0.142 e. The monoisotopic (exact) mass is 389 g/mol. The number of oxime groups is 1. The maximum absolute atomic E-state index is 9.20. The van der Waals surface area contributed by atoms with Gasteiger partial charge >= 0.3 is 0 Å². The number of nitrogens with zero attached hydrogens (tertiary/aromatic N) is 3. The van der Waals surface area contributed by atoms with Gasteiger partial charge in [-0.25, -0.2) is 0 Å². The molecule has 0 atom stereocenters. The number of fused-ring (bicyclic) bond motifs is 1. The molecule has 0 unspecified atom stereocenters. The Morgan fingerprint density at radius 3 is 2.59 bits per heavy atom. The summed E-state index contributed by atoms with van der Waals surface area (Å²) in [6, 6.07) is 12.4. The van der Waals surface area contributed by atoms with Crippen molar-refractivity contribution in [1.82, 2.24) is 9.88 Å². The van der Waals surface area contributed by atoms with Gasteiger partial charge in [0.1, 0.15) is 11.5 Å². The number of furan rings is 1. The van der Waals surface area contributed by atoms with E-state index in [1.54, 1.807) is 12.4 Å². The molecule has 1 fully saturated rings. The lowest BCUT2D eigenvalue weighted by atomic mass is 9.99. The first-order valence-electron chi connectivity index (χ1n) is 9.99. The van der Waals surface area contributed by atoms with E-state index in [2.05, 4.69) is 33.2 Å². The molecule has 0 saturated carbocycles. The highest BCUT2D eigenvalue weighted by molar-refractivity contribution is 6.04. The molecular weight excluding hydrogens is 366 g/mol. The Labute approximate surface area is 169 Å². The molecule has 2 aromatic heterocycles. The SMILES string of the molecule is ON=C1CCc2cc(-c3oc(CN4CCOCC4)cc3-c3ccncc3)ccc21. The summed E-state index contributed by atoms with van der Waals surface area (Å²) in [6.07, 6.45) is 5.27. The number of aromatic nitrogens is 1. The molecule has 0 amide bonds. The zero-order valence-corrected chi connectivity index (χ0v) is 16.2. The van der Waals surface area contributed by atoms with Crippen molar-refractivity contribution in [3.05, 3.63) is 65.7 Å². The van der Waals surface area contributed by atoms with Crippen molar-refractivity contribution in [3.63, 3.8) is 0 Å². The van der Waals surface area contributed by atoms with Crippen LogP contribution in [0.25, 0.3) is 22.5 Å². The van der Waals surface area contributed by atoms with Gasteiger partial charge in [0.2, 0.25) is 0 Å². The molecule has 1 aliphatic carbocycles. The largest absolute Gasteiger partial charge is 0.459 e. The number of rotatable bonds is 4. The molecule has 3 heterocycles. The molecule has 5 rings (SSSR count). The van der Waals surface area contributed by atoms with Crippen molar-refractivity contribution in [2.45, 2.75) is 19.4 Å². The van der Waals surface area contributed by atoms with Gasteiger partial charge in [0, 0.05) is 42.2 Å². The van der Waals surface area contributed by atoms with Gasteiger partial charge < -0.3 is 14.4 Å². The first-order chi connectivity index (χ1) is 14.3. The fraction of sp³-hybridized carbons (Fsp3) is 0.304. The van der Waals surface area contributed by atoms with Gasteiger partial charge in [-0.1, -0.05) is 17.3 Å². The number of ether oxygens (including phenoxy) is 1. The van der Waals surface area contributed by atoms with Crippen LogP contribution in [-0.2, 0) is 17.7 Å². The lowest BCUT2D eigenvalue weighted by molar-refractivity contribution is 0.0314. The number of hydrogen-bond donors (Lipinski definition) is 1. The van der Waals surface area contributed by atoms with Crippen molar-refractivity contribution < 1.29 is 14.4 Å². The van der Waals surface area contributed by atoms with Gasteiger partial charge in [0.25, 0.3) is 0 Å². The minimum Gasteiger partial charge on any atom is -0.459 e. The molecule has 1 N–H and O–H groups in total. The predicted octanol–water partition coefficient (Wildman–Crippen LogP) is 3.97. The third-order valence-corrected chi connectivity index (χ3v) is 5.69. The highest BCUT2D eigenvalue weighted by atomic mass is 16.5. The van der Waals surface area contributed by atoms with Crippen molar-refractivity contribution in [2.24, 2.45) is 5.16 Å². The van der Waals surface area contributed by atoms with Crippen molar-refractivity contribution in [2.75, 3.05) is 26.3 Å². The van der Waals surface area contributed by atoms with Gasteiger partial charge in [-0.3, -0.25) is 9.88 Å². The fourth-order valence-electron chi connectivity index (χ4n) is 4.17. The molecule has 29 heavy (non-hydrogen) atoms. The minimum absolute atomic E-state index is 0.758. The standard InChI is InChI=1S/C23H23N3O3/c27-25-22-4-2-17-13-18(1-3-20(17)22)23-21(16-5-7-24-8-6-16)14-19(29-23)15-26-9-11-28-12-10-26/h1,3,5-8,13-14,27H,2,4,9-12,15H2. The molecule has 1 aromatic carbocycles. The van der Waals surface area contributed by atoms with Crippen LogP contribution in [0.15, 0.2) is 58.4 Å². The first-order valence-corrected chi connectivity index (χ1v) is 9.99. The number of pyridine rings is 1. The van der Waals surface area contributed by atoms with Crippen molar-refractivity contribution in [3.8, 4) is 22.5 Å². The topological polar surface area (TPSA) is 71.1 Å². The molecule has 0 bridgehead atoms. The Balaban J connectivity index is 1.54. The summed E-state index contributed by atoms with van der Waals surface area (Å²) >= 11 is 0. The van der Waals surface area contributed by atoms with Crippen molar-refractivity contribution in [1.29, 1.82) is 0 Å². The van der Waals surface area contributed by atoms with E-state index < -0.39 is 0 Å². The van der Waals surface area contributed by atoms with Crippen LogP contribution in [0.4, 0.5) is 0 Å². The summed E-state index contributed by atoms with van der Waals surface area (Å²) in [7, 11) is 0. The van der Waals surface area contributed by atoms with Gasteiger partial charge in [-0.2, -0.15) is 0 Å². The first kappa shape index (κ1) is 18.1. The van der Waals surface area contributed by atoms with E-state index in [0.717, 1.165) is 85.2 Å². The summed E-state index contributed by atoms with van der Waals surface area (Å²) in [5.74, 6) is 1.82. The predicted molar refractivity (Wildman–Crippen MR) is 110 cm³/mol. The average molecular weight is 389 g/mol. The average Bonchev–Trinajstić information content (AvgIpc) is 3.38. The fourth-order valence-corrected chi connectivity index (χ4v) is 4.17. The molecule has 3 aromatic rings. The van der Waals surface area contributed by atoms with E-state index in [9.17, 15) is 5.21 Å². The zero-order valence-electron chi connectivity index (χ0n) is 16.2. The highest BCUT2D eigenvalue weighted by Crippen LogP contribution is 2.37. The Bertz CT molecular complexity index is 1040. The molecule has 0 spiro atoms. The molecule has 0 radical (unpaired) electrons. The molecule has 2 aliphatic rings. The van der Waals surface area contributed by atoms with E-state index in [0.29, 0.717) is 0 Å². The quantitative estimate of drug-likeness (QED) is 0.540. The second-order valence-electron chi connectivity index (χ2n) is 7.50. The minimum atomic E-state index is 0.758. The van der Waals surface area contributed by atoms with E-state index in [1.807, 2.05) is 18.2 Å². The van der Waals surface area contributed by atoms with Crippen LogP contribution in [0.5, 0.6) is 0 Å². The second-order valence-corrected chi connectivity index (χ2v) is 7.50. The highest BCUT2D eigenvalue weighted by Gasteiger charge is 2.22. The van der Waals surface area contributed by atoms with Crippen LogP contribution >= 0.6 is 0 Å². The van der Waals surface area contributed by atoms with E-state index in [1.165, 1.54) is 5.56 Å². The van der Waals surface area contributed by atoms with Crippen LogP contribution in [-0.4, -0.2) is 47.1 Å². The summed E-state index contributed by atoms with van der Waals surface area (Å²) in [6.45, 7) is 4.15. The Morgan fingerprint density at radius 2 is 1.79 bits per heavy atom. The smallest absolute Gasteiger partial charge is 0.142 e. The van der Waals surface area contributed by atoms with E-state index >= 15 is 0 Å². The number of morpholine rings is 1. The van der Waals surface area contributed by atoms with Gasteiger partial charge in [-0.15, -0.1) is 0 Å². The summed E-state index contributed by atoms with van der Waals surface area (Å²) < 4.78 is 11.8. The van der Waals surface area contributed by atoms with Gasteiger partial charge in [-0.05, 0) is 48.2 Å². The van der Waals surface area contributed by atoms with Gasteiger partial charge in [0.05, 0.1) is 25.5 Å². The lowest BCUT2D eigenvalue weighted by Crippen LogP contribution is -2.35. The van der Waals surface area contributed by atoms with Crippen LogP contribution in [0, 0.1) is 0 Å². The second kappa shape index (κ2) is 7.81. The summed E-state index contributed by atoms with van der Waals surface area (Å²) in [4.78, 5) is 6.51. The number of aryl methyl sites for hydroxylation is 1. The van der Waals surface area contributed by atoms with Crippen LogP contribution < -0.4 is 0 Å². The lowest BCUT2D eigenvalue weighted by Gasteiger charge is -2.25. The van der Waals surface area contributed by atoms with Crippen molar-refractivity contribution >= 4 is 5.71 Å². The Hall–Kier alpha value is -2.96. The normalized spacial score (nSPS) is 18.3. The molecule has 6 nitrogen and oxygen atoms in total. The van der Waals surface area contributed by atoms with Crippen LogP contribution in [0.2, 0.25) is 0 Å². The van der Waals surface area contributed by atoms with Crippen LogP contribution in [0.3, 0.4) is 0 Å². The summed E-state index contributed by atoms with van der Waals surface area (Å²) in [5, 5.41) is 12.6. The van der Waals surface area contributed by atoms with Gasteiger partial charge in [0.15, 0.2) is 0 Å².